The normalized spacial score (nSPS) is 18.1. The van der Waals surface area contributed by atoms with Crippen LogP contribution in [0.3, 0.4) is 0 Å². The summed E-state index contributed by atoms with van der Waals surface area (Å²) in [5, 5.41) is 31.6. The Kier molecular flexibility index (Phi) is 51.5. The number of hydrogen-bond donors (Lipinski definition) is 3. The monoisotopic (exact) mass is 1110 g/mol. The summed E-state index contributed by atoms with van der Waals surface area (Å²) in [6.45, 7) is 5.90. The smallest absolute Gasteiger partial charge is 0.335 e. The summed E-state index contributed by atoms with van der Waals surface area (Å²) in [4.78, 5) is 51.3. The van der Waals surface area contributed by atoms with Gasteiger partial charge in [-0.1, -0.05) is 256 Å². The van der Waals surface area contributed by atoms with E-state index in [1.54, 1.807) is 0 Å². The van der Waals surface area contributed by atoms with Crippen LogP contribution in [-0.2, 0) is 42.9 Å². The number of carboxylic acid groups (broad SMARTS) is 1. The van der Waals surface area contributed by atoms with E-state index in [0.717, 1.165) is 109 Å². The molecule has 3 N–H and O–H groups in total. The Labute approximate surface area is 482 Å². The number of esters is 3. The van der Waals surface area contributed by atoms with Gasteiger partial charge in [-0.2, -0.15) is 0 Å². The third-order valence-electron chi connectivity index (χ3n) is 14.9. The number of carboxylic acids is 1. The molecule has 0 aromatic carbocycles. The minimum Gasteiger partial charge on any atom is -0.479 e. The molecule has 6 unspecified atom stereocenters. The average Bonchev–Trinajstić information content (AvgIpc) is 3.46. The molecular weight excluding hydrogens is 997 g/mol. The fraction of sp³-hybridized carbons (Fsp3) is 0.821. The number of hydrogen-bond acceptors (Lipinski definition) is 11. The molecule has 1 fully saturated rings. The highest BCUT2D eigenvalue weighted by Gasteiger charge is 2.50. The van der Waals surface area contributed by atoms with Gasteiger partial charge in [0.15, 0.2) is 24.6 Å². The molecule has 0 spiro atoms. The summed E-state index contributed by atoms with van der Waals surface area (Å²) in [6, 6.07) is 0. The lowest BCUT2D eigenvalue weighted by atomic mass is 9.98. The van der Waals surface area contributed by atoms with Gasteiger partial charge in [-0.15, -0.1) is 0 Å². The number of aliphatic hydroxyl groups is 2. The van der Waals surface area contributed by atoms with Crippen molar-refractivity contribution in [3.63, 3.8) is 0 Å². The first-order valence-electron chi connectivity index (χ1n) is 32.6. The maximum Gasteiger partial charge on any atom is 0.335 e. The highest BCUT2D eigenvalue weighted by atomic mass is 16.7. The number of rotatable bonds is 56. The molecule has 0 saturated carbocycles. The van der Waals surface area contributed by atoms with Crippen LogP contribution in [0.5, 0.6) is 0 Å². The summed E-state index contributed by atoms with van der Waals surface area (Å²) in [7, 11) is 0. The molecule has 12 heteroatoms. The van der Waals surface area contributed by atoms with Crippen molar-refractivity contribution in [3.8, 4) is 0 Å². The lowest BCUT2D eigenvalue weighted by Gasteiger charge is -2.40. The second kappa shape index (κ2) is 55.2. The number of unbranched alkanes of at least 4 members (excludes halogenated alkanes) is 34. The molecule has 1 aliphatic rings. The first-order chi connectivity index (χ1) is 38.6. The van der Waals surface area contributed by atoms with Crippen LogP contribution in [-0.4, -0.2) is 89.2 Å². The molecule has 1 heterocycles. The fourth-order valence-corrected chi connectivity index (χ4v) is 9.91. The van der Waals surface area contributed by atoms with Crippen molar-refractivity contribution in [2.75, 3.05) is 13.2 Å². The van der Waals surface area contributed by atoms with Crippen molar-refractivity contribution in [2.45, 2.75) is 340 Å². The highest BCUT2D eigenvalue weighted by Crippen LogP contribution is 2.27. The number of carbonyl (C=O) groups is 4. The Morgan fingerprint density at radius 1 is 0.430 bits per heavy atom. The van der Waals surface area contributed by atoms with Crippen molar-refractivity contribution in [3.05, 3.63) is 48.6 Å². The summed E-state index contributed by atoms with van der Waals surface area (Å²) in [6.07, 6.45) is 55.0. The van der Waals surface area contributed by atoms with Crippen molar-refractivity contribution < 1.29 is 58.2 Å². The Hall–Kier alpha value is -3.32. The van der Waals surface area contributed by atoms with E-state index in [4.69, 9.17) is 23.7 Å². The maximum absolute atomic E-state index is 13.2. The Bertz CT molecular complexity index is 1560. The van der Waals surface area contributed by atoms with Gasteiger partial charge in [0.05, 0.1) is 6.61 Å². The minimum absolute atomic E-state index is 0.0625. The first kappa shape index (κ1) is 73.7. The fourth-order valence-electron chi connectivity index (χ4n) is 9.91. The lowest BCUT2D eigenvalue weighted by Crippen LogP contribution is -2.61. The summed E-state index contributed by atoms with van der Waals surface area (Å²) in [5.74, 6) is -3.13. The minimum atomic E-state index is -1.90. The number of aliphatic carboxylic acids is 1. The lowest BCUT2D eigenvalue weighted by molar-refractivity contribution is -0.301. The topological polar surface area (TPSA) is 175 Å². The van der Waals surface area contributed by atoms with Gasteiger partial charge in [-0.05, 0) is 77.0 Å². The molecule has 0 amide bonds. The molecule has 458 valence electrons. The Balaban J connectivity index is 2.65. The van der Waals surface area contributed by atoms with Crippen LogP contribution in [0, 0.1) is 0 Å². The molecule has 6 atom stereocenters. The van der Waals surface area contributed by atoms with Gasteiger partial charge in [0, 0.05) is 19.3 Å². The number of carbonyl (C=O) groups excluding carboxylic acids is 3. The quantitative estimate of drug-likeness (QED) is 0.0228. The average molecular weight is 1120 g/mol. The third-order valence-corrected chi connectivity index (χ3v) is 14.9. The van der Waals surface area contributed by atoms with Gasteiger partial charge in [0.1, 0.15) is 18.8 Å². The van der Waals surface area contributed by atoms with E-state index in [1.165, 1.54) is 135 Å². The van der Waals surface area contributed by atoms with Gasteiger partial charge in [0.25, 0.3) is 0 Å². The molecule has 79 heavy (non-hydrogen) atoms. The van der Waals surface area contributed by atoms with Crippen LogP contribution in [0.25, 0.3) is 0 Å². The van der Waals surface area contributed by atoms with Gasteiger partial charge < -0.3 is 39.0 Å². The third kappa shape index (κ3) is 45.0. The second-order valence-electron chi connectivity index (χ2n) is 22.4. The Morgan fingerprint density at radius 3 is 1.23 bits per heavy atom. The molecule has 0 radical (unpaired) electrons. The van der Waals surface area contributed by atoms with E-state index in [9.17, 15) is 34.5 Å². The zero-order valence-corrected chi connectivity index (χ0v) is 50.6. The van der Waals surface area contributed by atoms with Crippen LogP contribution >= 0.6 is 0 Å². The van der Waals surface area contributed by atoms with Crippen molar-refractivity contribution in [2.24, 2.45) is 0 Å². The van der Waals surface area contributed by atoms with E-state index in [1.807, 2.05) is 0 Å². The van der Waals surface area contributed by atoms with E-state index in [-0.39, 0.29) is 25.9 Å². The van der Waals surface area contributed by atoms with Crippen molar-refractivity contribution >= 4 is 23.9 Å². The standard InChI is InChI=1S/C67H118O12/c1-4-7-10-13-16-19-22-25-28-29-30-31-34-37-40-43-46-49-52-55-61(70)78-65-63(72)62(71)64(66(73)74)79-67(65)76-57-58(77-60(69)54-51-48-45-42-39-36-33-27-24-21-18-15-12-9-6-3)56-75-59(68)53-50-47-44-41-38-35-32-26-23-20-17-14-11-8-5-2/h8,11,17,20,26-27,32-33,58,62-65,67,71-72H,4-7,9-10,12-16,18-19,21-25,28-31,34-57H2,1-3H3,(H,73,74)/b11-8-,20-17-,32-26-,33-27-. The van der Waals surface area contributed by atoms with E-state index >= 15 is 0 Å². The van der Waals surface area contributed by atoms with E-state index in [2.05, 4.69) is 69.4 Å². The summed E-state index contributed by atoms with van der Waals surface area (Å²) < 4.78 is 28.5. The molecule has 0 bridgehead atoms. The highest BCUT2D eigenvalue weighted by molar-refractivity contribution is 5.74. The largest absolute Gasteiger partial charge is 0.479 e. The molecule has 1 rings (SSSR count). The van der Waals surface area contributed by atoms with E-state index in [0.29, 0.717) is 19.3 Å². The van der Waals surface area contributed by atoms with Crippen LogP contribution in [0.1, 0.15) is 303 Å². The predicted molar refractivity (Wildman–Crippen MR) is 322 cm³/mol. The van der Waals surface area contributed by atoms with Gasteiger partial charge in [0.2, 0.25) is 0 Å². The number of allylic oxidation sites excluding steroid dienone is 8. The molecule has 0 aromatic rings. The number of ether oxygens (including phenoxy) is 5. The van der Waals surface area contributed by atoms with Crippen LogP contribution < -0.4 is 0 Å². The molecule has 1 aliphatic heterocycles. The summed E-state index contributed by atoms with van der Waals surface area (Å²) in [5.41, 5.74) is 0. The zero-order valence-electron chi connectivity index (χ0n) is 50.6. The molecule has 0 aromatic heterocycles. The molecule has 12 nitrogen and oxygen atoms in total. The maximum atomic E-state index is 13.2. The predicted octanol–water partition coefficient (Wildman–Crippen LogP) is 17.3. The van der Waals surface area contributed by atoms with E-state index < -0.39 is 67.3 Å². The molecular formula is C67H118O12. The zero-order chi connectivity index (χ0) is 57.5. The SMILES string of the molecule is CC/C=C\C/C=C\C/C=C\CCCCCCCC(=O)OCC(COC1OC(C(=O)O)C(O)C(O)C1OC(=O)CCCCCCCCCCCCCCCCCCCCC)OC(=O)CCCCCCC/C=C\CCCCCCCC. The van der Waals surface area contributed by atoms with Crippen LogP contribution in [0.4, 0.5) is 0 Å². The van der Waals surface area contributed by atoms with Gasteiger partial charge in [-0.3, -0.25) is 14.4 Å². The van der Waals surface area contributed by atoms with Gasteiger partial charge in [-0.25, -0.2) is 4.79 Å². The molecule has 1 saturated heterocycles. The van der Waals surface area contributed by atoms with Crippen LogP contribution in [0.2, 0.25) is 0 Å². The van der Waals surface area contributed by atoms with Gasteiger partial charge >= 0.3 is 23.9 Å². The van der Waals surface area contributed by atoms with Crippen molar-refractivity contribution in [1.29, 1.82) is 0 Å². The Morgan fingerprint density at radius 2 is 0.797 bits per heavy atom. The second-order valence-corrected chi connectivity index (χ2v) is 22.4. The van der Waals surface area contributed by atoms with Crippen molar-refractivity contribution in [1.82, 2.24) is 0 Å². The molecule has 0 aliphatic carbocycles. The first-order valence-corrected chi connectivity index (χ1v) is 32.6. The number of aliphatic hydroxyl groups excluding tert-OH is 2. The summed E-state index contributed by atoms with van der Waals surface area (Å²) >= 11 is 0. The van der Waals surface area contributed by atoms with Crippen LogP contribution in [0.15, 0.2) is 48.6 Å².